The van der Waals surface area contributed by atoms with Crippen LogP contribution in [0.3, 0.4) is 0 Å². The summed E-state index contributed by atoms with van der Waals surface area (Å²) in [5.41, 5.74) is 3.51. The number of sulfone groups is 1. The van der Waals surface area contributed by atoms with Gasteiger partial charge in [-0.25, -0.2) is 13.2 Å². The normalized spacial score (nSPS) is 11.3. The number of esters is 1. The number of carbonyl (C=O) groups is 1. The summed E-state index contributed by atoms with van der Waals surface area (Å²) < 4.78 is 27.7. The van der Waals surface area contributed by atoms with Crippen molar-refractivity contribution >= 4 is 21.5 Å². The number of anilines is 1. The van der Waals surface area contributed by atoms with Gasteiger partial charge in [-0.15, -0.1) is 0 Å². The maximum Gasteiger partial charge on any atom is 0.354 e. The standard InChI is InChI=1S/C16H20N2O4S/c1-11-8-13(18-15(11)16(19)22-2)9-17-14-7-5-4-6-12(14)10-23(3,20)21/h4-8,17-18H,9-10H2,1-3H3. The van der Waals surface area contributed by atoms with Gasteiger partial charge in [0.05, 0.1) is 19.4 Å². The van der Waals surface area contributed by atoms with Crippen LogP contribution in [0.4, 0.5) is 5.69 Å². The van der Waals surface area contributed by atoms with Crippen molar-refractivity contribution in [1.82, 2.24) is 4.98 Å². The molecule has 2 N–H and O–H groups in total. The Morgan fingerprint density at radius 1 is 1.30 bits per heavy atom. The fourth-order valence-corrected chi connectivity index (χ4v) is 3.15. The number of aromatic amines is 1. The van der Waals surface area contributed by atoms with Crippen LogP contribution in [-0.2, 0) is 26.9 Å². The smallest absolute Gasteiger partial charge is 0.354 e. The summed E-state index contributed by atoms with van der Waals surface area (Å²) >= 11 is 0. The van der Waals surface area contributed by atoms with E-state index in [0.717, 1.165) is 16.9 Å². The van der Waals surface area contributed by atoms with Crippen molar-refractivity contribution in [2.24, 2.45) is 0 Å². The highest BCUT2D eigenvalue weighted by Crippen LogP contribution is 2.19. The summed E-state index contributed by atoms with van der Waals surface area (Å²) in [5, 5.41) is 3.20. The quantitative estimate of drug-likeness (QED) is 0.790. The number of aryl methyl sites for hydroxylation is 1. The van der Waals surface area contributed by atoms with E-state index < -0.39 is 15.8 Å². The predicted molar refractivity (Wildman–Crippen MR) is 89.2 cm³/mol. The Kier molecular flexibility index (Phi) is 5.10. The summed E-state index contributed by atoms with van der Waals surface area (Å²) in [5.74, 6) is -0.431. The lowest BCUT2D eigenvalue weighted by Crippen LogP contribution is -2.07. The van der Waals surface area contributed by atoms with Crippen molar-refractivity contribution in [2.75, 3.05) is 18.7 Å². The maximum absolute atomic E-state index is 11.6. The Balaban J connectivity index is 2.14. The number of benzene rings is 1. The Morgan fingerprint density at radius 3 is 2.65 bits per heavy atom. The Bertz CT molecular complexity index is 809. The van der Waals surface area contributed by atoms with E-state index in [4.69, 9.17) is 4.74 Å². The van der Waals surface area contributed by atoms with Gasteiger partial charge in [0.15, 0.2) is 9.84 Å². The molecular formula is C16H20N2O4S. The van der Waals surface area contributed by atoms with Gasteiger partial charge in [0.1, 0.15) is 5.69 Å². The fraction of sp³-hybridized carbons (Fsp3) is 0.312. The van der Waals surface area contributed by atoms with Gasteiger partial charge in [-0.3, -0.25) is 0 Å². The number of nitrogens with one attached hydrogen (secondary N) is 2. The van der Waals surface area contributed by atoms with Gasteiger partial charge in [0.2, 0.25) is 0 Å². The highest BCUT2D eigenvalue weighted by molar-refractivity contribution is 7.89. The minimum atomic E-state index is -3.11. The minimum absolute atomic E-state index is 0.0205. The second-order valence-corrected chi connectivity index (χ2v) is 7.57. The Hall–Kier alpha value is -2.28. The zero-order chi connectivity index (χ0) is 17.0. The van der Waals surface area contributed by atoms with Crippen molar-refractivity contribution in [3.63, 3.8) is 0 Å². The van der Waals surface area contributed by atoms with Gasteiger partial charge in [-0.05, 0) is 30.2 Å². The number of hydrogen-bond donors (Lipinski definition) is 2. The molecule has 1 heterocycles. The van der Waals surface area contributed by atoms with Gasteiger partial charge in [-0.2, -0.15) is 0 Å². The molecule has 0 aliphatic heterocycles. The third kappa shape index (κ3) is 4.59. The lowest BCUT2D eigenvalue weighted by atomic mass is 10.2. The van der Waals surface area contributed by atoms with Crippen LogP contribution in [0.15, 0.2) is 30.3 Å². The van der Waals surface area contributed by atoms with Crippen LogP contribution in [0.1, 0.15) is 27.3 Å². The summed E-state index contributed by atoms with van der Waals surface area (Å²) in [6.07, 6.45) is 1.21. The molecule has 0 unspecified atom stereocenters. The van der Waals surface area contributed by atoms with Crippen LogP contribution in [0.2, 0.25) is 0 Å². The number of ether oxygens (including phenoxy) is 1. The van der Waals surface area contributed by atoms with Crippen molar-refractivity contribution in [3.05, 3.63) is 52.8 Å². The van der Waals surface area contributed by atoms with Crippen molar-refractivity contribution < 1.29 is 17.9 Å². The van der Waals surface area contributed by atoms with E-state index in [1.54, 1.807) is 12.1 Å². The molecule has 1 aromatic carbocycles. The van der Waals surface area contributed by atoms with Crippen molar-refractivity contribution in [1.29, 1.82) is 0 Å². The zero-order valence-electron chi connectivity index (χ0n) is 13.3. The fourth-order valence-electron chi connectivity index (χ4n) is 2.33. The summed E-state index contributed by atoms with van der Waals surface area (Å²) in [7, 11) is -1.77. The molecule has 0 fully saturated rings. The molecule has 0 bridgehead atoms. The van der Waals surface area contributed by atoms with Crippen molar-refractivity contribution in [3.8, 4) is 0 Å². The SMILES string of the molecule is COC(=O)c1[nH]c(CNc2ccccc2CS(C)(=O)=O)cc1C. The molecule has 0 spiro atoms. The number of methoxy groups -OCH3 is 1. The van der Waals surface area contributed by atoms with E-state index in [0.29, 0.717) is 17.8 Å². The molecular weight excluding hydrogens is 316 g/mol. The lowest BCUT2D eigenvalue weighted by molar-refractivity contribution is 0.0594. The van der Waals surface area contributed by atoms with Crippen LogP contribution < -0.4 is 5.32 Å². The molecule has 6 nitrogen and oxygen atoms in total. The zero-order valence-corrected chi connectivity index (χ0v) is 14.2. The van der Waals surface area contributed by atoms with Gasteiger partial charge >= 0.3 is 5.97 Å². The van der Waals surface area contributed by atoms with Gasteiger partial charge in [0, 0.05) is 17.6 Å². The molecule has 0 aliphatic carbocycles. The van der Waals surface area contributed by atoms with Gasteiger partial charge in [-0.1, -0.05) is 18.2 Å². The molecule has 0 amide bonds. The molecule has 2 rings (SSSR count). The number of rotatable bonds is 6. The predicted octanol–water partition coefficient (Wildman–Crippen LogP) is 2.27. The van der Waals surface area contributed by atoms with E-state index in [9.17, 15) is 13.2 Å². The number of H-pyrrole nitrogens is 1. The average Bonchev–Trinajstić information content (AvgIpc) is 2.85. The Labute approximate surface area is 135 Å². The van der Waals surface area contributed by atoms with E-state index in [1.807, 2.05) is 25.1 Å². The molecule has 124 valence electrons. The van der Waals surface area contributed by atoms with E-state index in [1.165, 1.54) is 13.4 Å². The van der Waals surface area contributed by atoms with Crippen molar-refractivity contribution in [2.45, 2.75) is 19.2 Å². The average molecular weight is 336 g/mol. The first-order valence-electron chi connectivity index (χ1n) is 7.06. The van der Waals surface area contributed by atoms with E-state index in [-0.39, 0.29) is 5.75 Å². The molecule has 0 saturated heterocycles. The van der Waals surface area contributed by atoms with Gasteiger partial charge < -0.3 is 15.0 Å². The minimum Gasteiger partial charge on any atom is -0.464 e. The monoisotopic (exact) mass is 336 g/mol. The molecule has 7 heteroatoms. The summed E-state index contributed by atoms with van der Waals surface area (Å²) in [6, 6.07) is 9.12. The number of carbonyl (C=O) groups excluding carboxylic acids is 1. The largest absolute Gasteiger partial charge is 0.464 e. The van der Waals surface area contributed by atoms with Gasteiger partial charge in [0.25, 0.3) is 0 Å². The van der Waals surface area contributed by atoms with E-state index >= 15 is 0 Å². The maximum atomic E-state index is 11.6. The highest BCUT2D eigenvalue weighted by Gasteiger charge is 2.13. The summed E-state index contributed by atoms with van der Waals surface area (Å²) in [6.45, 7) is 2.27. The molecule has 23 heavy (non-hydrogen) atoms. The van der Waals surface area contributed by atoms with Crippen LogP contribution in [-0.4, -0.2) is 32.7 Å². The number of para-hydroxylation sites is 1. The number of hydrogen-bond acceptors (Lipinski definition) is 5. The molecule has 0 saturated carbocycles. The second kappa shape index (κ2) is 6.87. The van der Waals surface area contributed by atoms with Crippen LogP contribution in [0.25, 0.3) is 0 Å². The van der Waals surface area contributed by atoms with Crippen LogP contribution in [0.5, 0.6) is 0 Å². The molecule has 0 aliphatic rings. The van der Waals surface area contributed by atoms with Crippen LogP contribution >= 0.6 is 0 Å². The molecule has 1 aromatic heterocycles. The first kappa shape index (κ1) is 17.1. The van der Waals surface area contributed by atoms with Crippen LogP contribution in [0, 0.1) is 6.92 Å². The molecule has 0 radical (unpaired) electrons. The topological polar surface area (TPSA) is 88.3 Å². The second-order valence-electron chi connectivity index (χ2n) is 5.42. The Morgan fingerprint density at radius 2 is 2.00 bits per heavy atom. The highest BCUT2D eigenvalue weighted by atomic mass is 32.2. The first-order valence-corrected chi connectivity index (χ1v) is 9.12. The first-order chi connectivity index (χ1) is 10.8. The lowest BCUT2D eigenvalue weighted by Gasteiger charge is -2.10. The third-order valence-corrected chi connectivity index (χ3v) is 4.20. The third-order valence-electron chi connectivity index (χ3n) is 3.36. The molecule has 0 atom stereocenters. The molecule has 2 aromatic rings. The van der Waals surface area contributed by atoms with E-state index in [2.05, 4.69) is 10.3 Å². The number of aromatic nitrogens is 1. The summed E-state index contributed by atoms with van der Waals surface area (Å²) in [4.78, 5) is 14.6.